The van der Waals surface area contributed by atoms with E-state index < -0.39 is 78.8 Å². The summed E-state index contributed by atoms with van der Waals surface area (Å²) in [7, 11) is 0. The van der Waals surface area contributed by atoms with Gasteiger partial charge < -0.3 is 43.2 Å². The Morgan fingerprint density at radius 3 is 1.36 bits per heavy atom. The van der Waals surface area contributed by atoms with Gasteiger partial charge in [0.2, 0.25) is 0 Å². The topological polar surface area (TPSA) is 222 Å². The zero-order valence-corrected chi connectivity index (χ0v) is 31.9. The minimum absolute atomic E-state index is 0.00291. The fraction of sp³-hybridized carbons (Fsp3) is 0.487. The van der Waals surface area contributed by atoms with Crippen molar-refractivity contribution in [2.75, 3.05) is 19.8 Å². The molecular weight excluding hydrogens is 738 g/mol. The number of carbonyl (C=O) groups excluding carboxylic acids is 8. The number of hydrogen-bond acceptors (Lipinski definition) is 16. The van der Waals surface area contributed by atoms with Crippen LogP contribution < -0.4 is 5.32 Å². The van der Waals surface area contributed by atoms with E-state index in [0.29, 0.717) is 25.7 Å². The molecule has 0 saturated carbocycles. The van der Waals surface area contributed by atoms with Crippen LogP contribution in [-0.4, -0.2) is 92.1 Å². The average molecular weight is 788 g/mol. The first kappa shape index (κ1) is 46.2. The number of hydrogen-bond donors (Lipinski definition) is 1. The van der Waals surface area contributed by atoms with E-state index in [1.165, 1.54) is 27.7 Å². The molecule has 0 aliphatic rings. The highest BCUT2D eigenvalue weighted by atomic mass is 16.6. The van der Waals surface area contributed by atoms with Gasteiger partial charge in [-0.25, -0.2) is 24.0 Å². The normalized spacial score (nSPS) is 12.6. The Balaban J connectivity index is 1.49. The summed E-state index contributed by atoms with van der Waals surface area (Å²) in [6.07, 6.45) is -4.47. The largest absolute Gasteiger partial charge is 0.463 e. The van der Waals surface area contributed by atoms with Crippen molar-refractivity contribution in [1.29, 1.82) is 0 Å². The Morgan fingerprint density at radius 1 is 0.464 bits per heavy atom. The van der Waals surface area contributed by atoms with Gasteiger partial charge in [0.25, 0.3) is 0 Å². The molecule has 0 heterocycles. The molecule has 4 unspecified atom stereocenters. The number of unbranched alkanes of at least 4 members (excludes halogenated alkanes) is 3. The van der Waals surface area contributed by atoms with E-state index in [1.807, 2.05) is 12.1 Å². The lowest BCUT2D eigenvalue weighted by Gasteiger charge is -2.17. The van der Waals surface area contributed by atoms with Crippen LogP contribution in [0.5, 0.6) is 0 Å². The van der Waals surface area contributed by atoms with Crippen LogP contribution >= 0.6 is 0 Å². The number of esters is 7. The molecule has 56 heavy (non-hydrogen) atoms. The summed E-state index contributed by atoms with van der Waals surface area (Å²) in [5.74, 6) is -5.89. The number of ether oxygens (including phenoxy) is 8. The van der Waals surface area contributed by atoms with Crippen LogP contribution in [0.3, 0.4) is 0 Å². The number of alkyl carbamates (subject to hydrolysis) is 1. The van der Waals surface area contributed by atoms with E-state index in [4.69, 9.17) is 37.9 Å². The third kappa shape index (κ3) is 19.9. The molecular formula is C39H49NO16. The maximum Gasteiger partial charge on any atom is 0.407 e. The first-order chi connectivity index (χ1) is 26.7. The number of carbonyl (C=O) groups is 8. The van der Waals surface area contributed by atoms with Gasteiger partial charge in [0.05, 0.1) is 26.1 Å². The van der Waals surface area contributed by atoms with Crippen molar-refractivity contribution in [2.45, 2.75) is 104 Å². The summed E-state index contributed by atoms with van der Waals surface area (Å²) in [5, 5.41) is 2.21. The highest BCUT2D eigenvalue weighted by molar-refractivity contribution is 5.85. The quantitative estimate of drug-likeness (QED) is 0.0907. The highest BCUT2D eigenvalue weighted by Gasteiger charge is 2.27. The van der Waals surface area contributed by atoms with Gasteiger partial charge in [-0.1, -0.05) is 60.7 Å². The van der Waals surface area contributed by atoms with Crippen LogP contribution in [0.4, 0.5) is 4.79 Å². The molecule has 0 radical (unpaired) electrons. The van der Waals surface area contributed by atoms with Crippen LogP contribution in [0, 0.1) is 0 Å². The lowest BCUT2D eigenvalue weighted by Crippen LogP contribution is -2.36. The van der Waals surface area contributed by atoms with Gasteiger partial charge in [-0.15, -0.1) is 0 Å². The predicted octanol–water partition coefficient (Wildman–Crippen LogP) is 3.81. The molecule has 2 rings (SSSR count). The van der Waals surface area contributed by atoms with Gasteiger partial charge in [-0.3, -0.25) is 14.4 Å². The smallest absolute Gasteiger partial charge is 0.407 e. The van der Waals surface area contributed by atoms with Crippen LogP contribution in [0.15, 0.2) is 60.7 Å². The third-order valence-electron chi connectivity index (χ3n) is 7.42. The van der Waals surface area contributed by atoms with Crippen LogP contribution in [0.25, 0.3) is 0 Å². The predicted molar refractivity (Wildman–Crippen MR) is 193 cm³/mol. The molecule has 17 nitrogen and oxygen atoms in total. The fourth-order valence-corrected chi connectivity index (χ4v) is 4.30. The minimum Gasteiger partial charge on any atom is -0.463 e. The van der Waals surface area contributed by atoms with E-state index in [9.17, 15) is 38.4 Å². The lowest BCUT2D eigenvalue weighted by atomic mass is 10.2. The molecule has 0 bridgehead atoms. The molecule has 2 aromatic carbocycles. The zero-order chi connectivity index (χ0) is 41.3. The van der Waals surface area contributed by atoms with Gasteiger partial charge in [-0.2, -0.15) is 0 Å². The van der Waals surface area contributed by atoms with E-state index in [0.717, 1.165) is 11.1 Å². The SMILES string of the molecule is CC(OC(=O)CCC(=O)OCc1ccccc1)C(=O)OC(C)C(=O)OCCCCCCOC(=O)C(C)OC(=O)C(C)OC(=O)CNC(=O)OCc1ccccc1. The first-order valence-corrected chi connectivity index (χ1v) is 18.0. The lowest BCUT2D eigenvalue weighted by molar-refractivity contribution is -0.177. The van der Waals surface area contributed by atoms with Gasteiger partial charge in [0, 0.05) is 0 Å². The van der Waals surface area contributed by atoms with Crippen molar-refractivity contribution in [3.63, 3.8) is 0 Å². The number of benzene rings is 2. The Bertz CT molecular complexity index is 1460. The number of nitrogens with one attached hydrogen (secondary N) is 1. The summed E-state index contributed by atoms with van der Waals surface area (Å²) >= 11 is 0. The molecule has 4 atom stereocenters. The zero-order valence-electron chi connectivity index (χ0n) is 31.9. The Hall–Kier alpha value is -6.00. The molecule has 0 aromatic heterocycles. The summed E-state index contributed by atoms with van der Waals surface area (Å²) in [4.78, 5) is 96.7. The van der Waals surface area contributed by atoms with Crippen molar-refractivity contribution >= 4 is 47.9 Å². The molecule has 0 fully saturated rings. The molecule has 0 saturated heterocycles. The Labute approximate surface area is 324 Å². The molecule has 1 N–H and O–H groups in total. The molecule has 1 amide bonds. The maximum atomic E-state index is 12.3. The third-order valence-corrected chi connectivity index (χ3v) is 7.42. The second kappa shape index (κ2) is 25.9. The standard InChI is InChI=1S/C39H49NO16/c1-26(55-37(46)28(3)53-33(42)20-19-32(41)51-24-30-15-9-7-10-16-30)35(44)49-21-13-5-6-14-22-50-36(45)27(2)56-38(47)29(4)54-34(43)23-40-39(48)52-25-31-17-11-8-12-18-31/h7-12,15-18,26-29H,5-6,13-14,19-25H2,1-4H3,(H,40,48). The molecule has 306 valence electrons. The Kier molecular flexibility index (Phi) is 21.4. The van der Waals surface area contributed by atoms with Gasteiger partial charge in [-0.05, 0) is 64.5 Å². The molecule has 0 aliphatic carbocycles. The fourth-order valence-electron chi connectivity index (χ4n) is 4.30. The summed E-state index contributed by atoms with van der Waals surface area (Å²) in [5.41, 5.74) is 1.55. The second-order valence-electron chi connectivity index (χ2n) is 12.2. The van der Waals surface area contributed by atoms with Gasteiger partial charge in [0.15, 0.2) is 24.4 Å². The van der Waals surface area contributed by atoms with Gasteiger partial charge in [0.1, 0.15) is 19.8 Å². The summed E-state index contributed by atoms with van der Waals surface area (Å²) in [6.45, 7) is 4.71. The van der Waals surface area contributed by atoms with Gasteiger partial charge >= 0.3 is 47.9 Å². The average Bonchev–Trinajstić information content (AvgIpc) is 3.18. The van der Waals surface area contributed by atoms with Crippen LogP contribution in [-0.2, 0) is 84.7 Å². The van der Waals surface area contributed by atoms with Crippen LogP contribution in [0.1, 0.15) is 77.3 Å². The maximum absolute atomic E-state index is 12.3. The first-order valence-electron chi connectivity index (χ1n) is 18.0. The highest BCUT2D eigenvalue weighted by Crippen LogP contribution is 2.09. The van der Waals surface area contributed by atoms with Crippen molar-refractivity contribution < 1.29 is 76.3 Å². The number of rotatable bonds is 24. The van der Waals surface area contributed by atoms with Crippen LogP contribution in [0.2, 0.25) is 0 Å². The monoisotopic (exact) mass is 787 g/mol. The van der Waals surface area contributed by atoms with E-state index in [-0.39, 0.29) is 39.3 Å². The summed E-state index contributed by atoms with van der Waals surface area (Å²) < 4.78 is 40.3. The van der Waals surface area contributed by atoms with E-state index >= 15 is 0 Å². The van der Waals surface area contributed by atoms with E-state index in [1.54, 1.807) is 48.5 Å². The summed E-state index contributed by atoms with van der Waals surface area (Å²) in [6, 6.07) is 17.9. The minimum atomic E-state index is -1.36. The molecule has 17 heteroatoms. The molecule has 0 aliphatic heterocycles. The Morgan fingerprint density at radius 2 is 0.875 bits per heavy atom. The second-order valence-corrected chi connectivity index (χ2v) is 12.2. The molecule has 2 aromatic rings. The molecule has 0 spiro atoms. The van der Waals surface area contributed by atoms with E-state index in [2.05, 4.69) is 5.32 Å². The van der Waals surface area contributed by atoms with Crippen molar-refractivity contribution in [3.8, 4) is 0 Å². The van der Waals surface area contributed by atoms with Crippen molar-refractivity contribution in [3.05, 3.63) is 71.8 Å². The van der Waals surface area contributed by atoms with Crippen molar-refractivity contribution in [1.82, 2.24) is 5.32 Å². The van der Waals surface area contributed by atoms with Crippen molar-refractivity contribution in [2.24, 2.45) is 0 Å². The number of amides is 1.